The second kappa shape index (κ2) is 6.69. The molecule has 0 bridgehead atoms. The molecule has 0 spiro atoms. The van der Waals surface area contributed by atoms with Crippen molar-refractivity contribution < 1.29 is 4.74 Å². The molecule has 1 unspecified atom stereocenters. The van der Waals surface area contributed by atoms with Crippen LogP contribution in [0.1, 0.15) is 22.8 Å². The molecule has 0 aliphatic carbocycles. The van der Waals surface area contributed by atoms with Crippen LogP contribution in [0.25, 0.3) is 0 Å². The summed E-state index contributed by atoms with van der Waals surface area (Å²) < 4.78 is 5.77. The fraction of sp³-hybridized carbons (Fsp3) is 0.333. The van der Waals surface area contributed by atoms with Gasteiger partial charge in [-0.25, -0.2) is 0 Å². The number of rotatable bonds is 4. The lowest BCUT2D eigenvalue weighted by molar-refractivity contribution is 0.0277. The van der Waals surface area contributed by atoms with E-state index >= 15 is 0 Å². The minimum absolute atomic E-state index is 0.215. The summed E-state index contributed by atoms with van der Waals surface area (Å²) in [5.41, 5.74) is 4.07. The van der Waals surface area contributed by atoms with Crippen LogP contribution < -0.4 is 5.32 Å². The maximum atomic E-state index is 5.77. The first-order chi connectivity index (χ1) is 9.92. The van der Waals surface area contributed by atoms with Gasteiger partial charge in [0, 0.05) is 13.1 Å². The average Bonchev–Trinajstić information content (AvgIpc) is 2.55. The van der Waals surface area contributed by atoms with E-state index in [1.165, 1.54) is 16.7 Å². The molecule has 2 heteroatoms. The van der Waals surface area contributed by atoms with E-state index in [0.29, 0.717) is 0 Å². The minimum atomic E-state index is 0.215. The summed E-state index contributed by atoms with van der Waals surface area (Å²) in [6.45, 7) is 2.69. The minimum Gasteiger partial charge on any atom is -0.371 e. The van der Waals surface area contributed by atoms with E-state index in [0.717, 1.165) is 32.5 Å². The van der Waals surface area contributed by atoms with Crippen molar-refractivity contribution in [1.82, 2.24) is 5.32 Å². The van der Waals surface area contributed by atoms with Crippen LogP contribution >= 0.6 is 0 Å². The zero-order chi connectivity index (χ0) is 13.6. The molecule has 1 saturated heterocycles. The third-order valence-electron chi connectivity index (χ3n) is 3.82. The molecule has 0 saturated carbocycles. The van der Waals surface area contributed by atoms with Gasteiger partial charge in [-0.3, -0.25) is 0 Å². The number of nitrogens with one attached hydrogen (secondary N) is 1. The van der Waals surface area contributed by atoms with Crippen molar-refractivity contribution >= 4 is 0 Å². The van der Waals surface area contributed by atoms with Gasteiger partial charge in [0.25, 0.3) is 0 Å². The van der Waals surface area contributed by atoms with Gasteiger partial charge >= 0.3 is 0 Å². The number of morpholine rings is 1. The molecule has 1 aliphatic heterocycles. The van der Waals surface area contributed by atoms with Gasteiger partial charge in [0.15, 0.2) is 0 Å². The van der Waals surface area contributed by atoms with Crippen molar-refractivity contribution in [1.29, 1.82) is 0 Å². The highest BCUT2D eigenvalue weighted by Gasteiger charge is 2.14. The number of aryl methyl sites for hydroxylation is 2. The van der Waals surface area contributed by atoms with E-state index in [9.17, 15) is 0 Å². The van der Waals surface area contributed by atoms with Crippen molar-refractivity contribution in [2.24, 2.45) is 0 Å². The molecule has 2 nitrogen and oxygen atoms in total. The highest BCUT2D eigenvalue weighted by atomic mass is 16.5. The Labute approximate surface area is 120 Å². The molecule has 0 aromatic heterocycles. The molecule has 2 aromatic carbocycles. The molecule has 104 valence electrons. The van der Waals surface area contributed by atoms with Crippen molar-refractivity contribution in [3.8, 4) is 0 Å². The third-order valence-corrected chi connectivity index (χ3v) is 3.82. The number of hydrogen-bond acceptors (Lipinski definition) is 2. The van der Waals surface area contributed by atoms with Crippen LogP contribution in [0.15, 0.2) is 54.6 Å². The Hall–Kier alpha value is -1.64. The van der Waals surface area contributed by atoms with Gasteiger partial charge in [-0.1, -0.05) is 54.6 Å². The van der Waals surface area contributed by atoms with Crippen LogP contribution in [0.3, 0.4) is 0 Å². The topological polar surface area (TPSA) is 21.3 Å². The molecule has 0 radical (unpaired) electrons. The maximum absolute atomic E-state index is 5.77. The van der Waals surface area contributed by atoms with Crippen molar-refractivity contribution in [2.45, 2.75) is 18.9 Å². The first-order valence-corrected chi connectivity index (χ1v) is 7.37. The Balaban J connectivity index is 1.58. The third kappa shape index (κ3) is 3.47. The van der Waals surface area contributed by atoms with E-state index in [1.54, 1.807) is 0 Å². The van der Waals surface area contributed by atoms with Gasteiger partial charge in [-0.2, -0.15) is 0 Å². The molecule has 1 N–H and O–H groups in total. The first-order valence-electron chi connectivity index (χ1n) is 7.37. The summed E-state index contributed by atoms with van der Waals surface area (Å²) >= 11 is 0. The SMILES string of the molecule is c1ccc(CCc2ccc(C3CNCCO3)cc2)cc1. The zero-order valence-electron chi connectivity index (χ0n) is 11.7. The molecule has 1 heterocycles. The van der Waals surface area contributed by atoms with Crippen molar-refractivity contribution in [2.75, 3.05) is 19.7 Å². The fourth-order valence-electron chi connectivity index (χ4n) is 2.61. The van der Waals surface area contributed by atoms with E-state index in [2.05, 4.69) is 59.9 Å². The van der Waals surface area contributed by atoms with Gasteiger partial charge in [0.05, 0.1) is 12.7 Å². The highest BCUT2D eigenvalue weighted by Crippen LogP contribution is 2.19. The summed E-state index contributed by atoms with van der Waals surface area (Å²) in [6.07, 6.45) is 2.40. The Bertz CT molecular complexity index is 515. The molecule has 3 rings (SSSR count). The largest absolute Gasteiger partial charge is 0.371 e. The van der Waals surface area contributed by atoms with Gasteiger partial charge in [-0.15, -0.1) is 0 Å². The fourth-order valence-corrected chi connectivity index (χ4v) is 2.61. The lowest BCUT2D eigenvalue weighted by Crippen LogP contribution is -2.33. The van der Waals surface area contributed by atoms with Gasteiger partial charge in [-0.05, 0) is 29.5 Å². The van der Waals surface area contributed by atoms with E-state index < -0.39 is 0 Å². The molecule has 1 atom stereocenters. The van der Waals surface area contributed by atoms with Crippen LogP contribution in [0.2, 0.25) is 0 Å². The summed E-state index contributed by atoms with van der Waals surface area (Å²) in [4.78, 5) is 0. The normalized spacial score (nSPS) is 18.9. The molecule has 2 aromatic rings. The Kier molecular flexibility index (Phi) is 4.46. The second-order valence-corrected chi connectivity index (χ2v) is 5.29. The Morgan fingerprint density at radius 2 is 1.60 bits per heavy atom. The molecule has 0 amide bonds. The number of ether oxygens (including phenoxy) is 1. The Morgan fingerprint density at radius 1 is 0.900 bits per heavy atom. The summed E-state index contributed by atoms with van der Waals surface area (Å²) in [5, 5.41) is 3.37. The van der Waals surface area contributed by atoms with Crippen LogP contribution in [0.4, 0.5) is 0 Å². The van der Waals surface area contributed by atoms with Crippen LogP contribution in [-0.4, -0.2) is 19.7 Å². The predicted octanol–water partition coefficient (Wildman–Crippen LogP) is 3.13. The van der Waals surface area contributed by atoms with Crippen LogP contribution in [0, 0.1) is 0 Å². The van der Waals surface area contributed by atoms with Crippen LogP contribution in [0.5, 0.6) is 0 Å². The molecule has 1 aliphatic rings. The molecular weight excluding hydrogens is 246 g/mol. The summed E-state index contributed by atoms with van der Waals surface area (Å²) in [7, 11) is 0. The first kappa shape index (κ1) is 13.3. The summed E-state index contributed by atoms with van der Waals surface area (Å²) in [5.74, 6) is 0. The van der Waals surface area contributed by atoms with E-state index in [4.69, 9.17) is 4.74 Å². The van der Waals surface area contributed by atoms with Crippen molar-refractivity contribution in [3.05, 3.63) is 71.3 Å². The van der Waals surface area contributed by atoms with E-state index in [1.807, 2.05) is 0 Å². The lowest BCUT2D eigenvalue weighted by Gasteiger charge is -2.24. The monoisotopic (exact) mass is 267 g/mol. The van der Waals surface area contributed by atoms with Crippen molar-refractivity contribution in [3.63, 3.8) is 0 Å². The Morgan fingerprint density at radius 3 is 2.25 bits per heavy atom. The van der Waals surface area contributed by atoms with Gasteiger partial charge in [0.2, 0.25) is 0 Å². The van der Waals surface area contributed by atoms with Crippen LogP contribution in [-0.2, 0) is 17.6 Å². The number of benzene rings is 2. The van der Waals surface area contributed by atoms with E-state index in [-0.39, 0.29) is 6.10 Å². The maximum Gasteiger partial charge on any atom is 0.0949 e. The predicted molar refractivity (Wildman–Crippen MR) is 81.9 cm³/mol. The average molecular weight is 267 g/mol. The summed E-state index contributed by atoms with van der Waals surface area (Å²) in [6, 6.07) is 19.5. The quantitative estimate of drug-likeness (QED) is 0.919. The standard InChI is InChI=1S/C18H21NO/c1-2-4-15(5-3-1)6-7-16-8-10-17(11-9-16)18-14-19-12-13-20-18/h1-5,8-11,18-19H,6-7,12-14H2. The second-order valence-electron chi connectivity index (χ2n) is 5.29. The number of hydrogen-bond donors (Lipinski definition) is 1. The van der Waals surface area contributed by atoms with Gasteiger partial charge in [0.1, 0.15) is 0 Å². The smallest absolute Gasteiger partial charge is 0.0949 e. The highest BCUT2D eigenvalue weighted by molar-refractivity contribution is 5.26. The van der Waals surface area contributed by atoms with Gasteiger partial charge < -0.3 is 10.1 Å². The lowest BCUT2D eigenvalue weighted by atomic mass is 10.0. The molecular formula is C18H21NO. The molecule has 20 heavy (non-hydrogen) atoms. The molecule has 1 fully saturated rings. The zero-order valence-corrected chi connectivity index (χ0v) is 11.7.